The van der Waals surface area contributed by atoms with Crippen molar-refractivity contribution in [2.24, 2.45) is 0 Å². The number of hydrogen-bond acceptors (Lipinski definition) is 6. The van der Waals surface area contributed by atoms with Gasteiger partial charge in [0.05, 0.1) is 11.5 Å². The van der Waals surface area contributed by atoms with Crippen molar-refractivity contribution < 1.29 is 32.4 Å². The molecule has 0 unspecified atom stereocenters. The van der Waals surface area contributed by atoms with E-state index >= 15 is 0 Å². The molecular weight excluding hydrogens is 409 g/mol. The molecule has 12 heteroatoms. The fourth-order valence-corrected chi connectivity index (χ4v) is 3.08. The highest BCUT2D eigenvalue weighted by Gasteiger charge is 2.31. The zero-order chi connectivity index (χ0) is 21.9. The second-order valence-electron chi connectivity index (χ2n) is 7.25. The molecule has 2 fully saturated rings. The van der Waals surface area contributed by atoms with Gasteiger partial charge in [-0.25, -0.2) is 0 Å². The molecule has 2 amide bonds. The first-order valence-corrected chi connectivity index (χ1v) is 9.41. The van der Waals surface area contributed by atoms with E-state index in [0.29, 0.717) is 13.1 Å². The Morgan fingerprint density at radius 2 is 1.87 bits per heavy atom. The van der Waals surface area contributed by atoms with Crippen LogP contribution >= 0.6 is 0 Å². The average Bonchev–Trinajstić information content (AvgIpc) is 3.49. The summed E-state index contributed by atoms with van der Waals surface area (Å²) in [5, 5.41) is 14.1. The van der Waals surface area contributed by atoms with Crippen molar-refractivity contribution in [3.05, 3.63) is 33.9 Å². The first kappa shape index (κ1) is 21.8. The quantitative estimate of drug-likeness (QED) is 0.520. The number of alkyl halides is 3. The normalized spacial score (nSPS) is 17.5. The van der Waals surface area contributed by atoms with Crippen LogP contribution < -0.4 is 10.1 Å². The fraction of sp³-hybridized carbons (Fsp3) is 0.556. The molecule has 3 rings (SSSR count). The zero-order valence-electron chi connectivity index (χ0n) is 16.0. The molecule has 1 aliphatic carbocycles. The van der Waals surface area contributed by atoms with Gasteiger partial charge in [0, 0.05) is 38.3 Å². The summed E-state index contributed by atoms with van der Waals surface area (Å²) in [5.41, 5.74) is -0.842. The van der Waals surface area contributed by atoms with Crippen molar-refractivity contribution in [2.45, 2.75) is 25.1 Å². The number of hydrogen-bond donors (Lipinski definition) is 1. The summed E-state index contributed by atoms with van der Waals surface area (Å²) in [5.74, 6) is -1.03. The molecule has 1 heterocycles. The Labute approximate surface area is 169 Å². The highest BCUT2D eigenvalue weighted by molar-refractivity contribution is 5.98. The van der Waals surface area contributed by atoms with E-state index < -0.39 is 29.3 Å². The van der Waals surface area contributed by atoms with Crippen molar-refractivity contribution in [1.29, 1.82) is 0 Å². The van der Waals surface area contributed by atoms with Gasteiger partial charge in [-0.05, 0) is 25.0 Å². The number of piperazine rings is 1. The van der Waals surface area contributed by atoms with E-state index in [0.717, 1.165) is 31.0 Å². The highest BCUT2D eigenvalue weighted by atomic mass is 19.4. The maximum absolute atomic E-state index is 12.8. The molecular formula is C18H21F3N4O5. The number of carbonyl (C=O) groups excluding carboxylic acids is 2. The van der Waals surface area contributed by atoms with Crippen LogP contribution in [-0.2, 0) is 4.79 Å². The molecule has 2 aliphatic rings. The Morgan fingerprint density at radius 1 is 1.20 bits per heavy atom. The number of nitrogens with one attached hydrogen (secondary N) is 1. The summed E-state index contributed by atoms with van der Waals surface area (Å²) in [6.07, 6.45) is -2.61. The van der Waals surface area contributed by atoms with Crippen LogP contribution in [0.4, 0.5) is 18.9 Å². The van der Waals surface area contributed by atoms with Gasteiger partial charge in [0.15, 0.2) is 6.61 Å². The average molecular weight is 430 g/mol. The maximum Gasteiger partial charge on any atom is 0.422 e. The Balaban J connectivity index is 1.63. The summed E-state index contributed by atoms with van der Waals surface area (Å²) >= 11 is 0. The van der Waals surface area contributed by atoms with E-state index in [1.54, 1.807) is 0 Å². The number of nitro groups is 1. The minimum atomic E-state index is -4.58. The number of ether oxygens (including phenoxy) is 1. The lowest BCUT2D eigenvalue weighted by molar-refractivity contribution is -0.385. The Bertz CT molecular complexity index is 821. The number of halogens is 3. The monoisotopic (exact) mass is 430 g/mol. The second kappa shape index (κ2) is 8.86. The number of nitrogens with zero attached hydrogens (tertiary/aromatic N) is 3. The van der Waals surface area contributed by atoms with Crippen molar-refractivity contribution in [3.63, 3.8) is 0 Å². The Kier molecular flexibility index (Phi) is 6.44. The molecule has 1 saturated carbocycles. The predicted octanol–water partition coefficient (Wildman–Crippen LogP) is 1.57. The van der Waals surface area contributed by atoms with Gasteiger partial charge >= 0.3 is 6.18 Å². The largest absolute Gasteiger partial charge is 0.484 e. The van der Waals surface area contributed by atoms with E-state index in [9.17, 15) is 32.9 Å². The first-order valence-electron chi connectivity index (χ1n) is 9.41. The molecule has 1 aromatic rings. The van der Waals surface area contributed by atoms with Gasteiger partial charge in [0.25, 0.3) is 11.6 Å². The van der Waals surface area contributed by atoms with Gasteiger partial charge in [0.1, 0.15) is 11.3 Å². The van der Waals surface area contributed by atoms with Crippen LogP contribution in [0, 0.1) is 10.1 Å². The first-order chi connectivity index (χ1) is 14.1. The number of nitro benzene ring substituents is 1. The molecule has 0 aromatic heterocycles. The molecule has 0 bridgehead atoms. The highest BCUT2D eigenvalue weighted by Crippen LogP contribution is 2.27. The number of rotatable bonds is 7. The van der Waals surface area contributed by atoms with E-state index in [2.05, 4.69) is 10.1 Å². The second-order valence-corrected chi connectivity index (χ2v) is 7.25. The maximum atomic E-state index is 12.8. The lowest BCUT2D eigenvalue weighted by Crippen LogP contribution is -2.51. The van der Waals surface area contributed by atoms with E-state index in [1.165, 1.54) is 4.90 Å². The molecule has 0 spiro atoms. The van der Waals surface area contributed by atoms with Crippen molar-refractivity contribution in [3.8, 4) is 5.75 Å². The van der Waals surface area contributed by atoms with Gasteiger partial charge in [0.2, 0.25) is 5.91 Å². The minimum Gasteiger partial charge on any atom is -0.484 e. The third kappa shape index (κ3) is 6.05. The van der Waals surface area contributed by atoms with Crippen LogP contribution in [0.5, 0.6) is 5.75 Å². The van der Waals surface area contributed by atoms with E-state index in [1.807, 2.05) is 4.90 Å². The molecule has 164 valence electrons. The van der Waals surface area contributed by atoms with E-state index in [-0.39, 0.29) is 42.9 Å². The standard InChI is InChI=1S/C18H21F3N4O5/c19-18(20,21)11-30-13-3-4-15(25(28)29)14(9-13)17(27)24-7-5-23(6-8-24)10-16(26)22-12-1-2-12/h3-4,9,12H,1-2,5-8,10-11H2,(H,22,26). The molecule has 0 atom stereocenters. The van der Waals surface area contributed by atoms with Crippen LogP contribution in [0.15, 0.2) is 18.2 Å². The summed E-state index contributed by atoms with van der Waals surface area (Å²) in [6.45, 7) is -0.0794. The van der Waals surface area contributed by atoms with Crippen molar-refractivity contribution in [1.82, 2.24) is 15.1 Å². The molecule has 1 aromatic carbocycles. The van der Waals surface area contributed by atoms with Gasteiger partial charge in [-0.15, -0.1) is 0 Å². The van der Waals surface area contributed by atoms with Gasteiger partial charge in [-0.2, -0.15) is 13.2 Å². The van der Waals surface area contributed by atoms with Crippen LogP contribution in [-0.4, -0.2) is 78.1 Å². The Hall–Kier alpha value is -2.89. The van der Waals surface area contributed by atoms with Gasteiger partial charge < -0.3 is 15.0 Å². The van der Waals surface area contributed by atoms with Crippen LogP contribution in [0.25, 0.3) is 0 Å². The lowest BCUT2D eigenvalue weighted by Gasteiger charge is -2.34. The summed E-state index contributed by atoms with van der Waals surface area (Å²) in [6, 6.07) is 3.20. The molecule has 1 N–H and O–H groups in total. The molecule has 0 radical (unpaired) electrons. The van der Waals surface area contributed by atoms with E-state index in [4.69, 9.17) is 0 Å². The number of amides is 2. The van der Waals surface area contributed by atoms with Gasteiger partial charge in [-0.1, -0.05) is 0 Å². The molecule has 30 heavy (non-hydrogen) atoms. The Morgan fingerprint density at radius 3 is 2.43 bits per heavy atom. The zero-order valence-corrected chi connectivity index (χ0v) is 16.0. The fourth-order valence-electron chi connectivity index (χ4n) is 3.08. The SMILES string of the molecule is O=C(CN1CCN(C(=O)c2cc(OCC(F)(F)F)ccc2[N+](=O)[O-])CC1)NC1CC1. The summed E-state index contributed by atoms with van der Waals surface area (Å²) in [4.78, 5) is 38.4. The van der Waals surface area contributed by atoms with Crippen molar-refractivity contribution >= 4 is 17.5 Å². The number of carbonyl (C=O) groups is 2. The smallest absolute Gasteiger partial charge is 0.422 e. The van der Waals surface area contributed by atoms with Crippen molar-refractivity contribution in [2.75, 3.05) is 39.3 Å². The predicted molar refractivity (Wildman–Crippen MR) is 98.2 cm³/mol. The molecule has 1 aliphatic heterocycles. The third-order valence-corrected chi connectivity index (χ3v) is 4.77. The molecule has 9 nitrogen and oxygen atoms in total. The van der Waals surface area contributed by atoms with Crippen LogP contribution in [0.3, 0.4) is 0 Å². The van der Waals surface area contributed by atoms with Crippen LogP contribution in [0.2, 0.25) is 0 Å². The number of benzene rings is 1. The molecule has 1 saturated heterocycles. The van der Waals surface area contributed by atoms with Crippen LogP contribution in [0.1, 0.15) is 23.2 Å². The minimum absolute atomic E-state index is 0.0811. The van der Waals surface area contributed by atoms with Gasteiger partial charge in [-0.3, -0.25) is 24.6 Å². The summed E-state index contributed by atoms with van der Waals surface area (Å²) in [7, 11) is 0. The topological polar surface area (TPSA) is 105 Å². The summed E-state index contributed by atoms with van der Waals surface area (Å²) < 4.78 is 41.7. The third-order valence-electron chi connectivity index (χ3n) is 4.77. The lowest BCUT2D eigenvalue weighted by atomic mass is 10.1.